The molecule has 0 bridgehead atoms. The molecule has 35 heavy (non-hydrogen) atoms. The summed E-state index contributed by atoms with van der Waals surface area (Å²) in [5.74, 6) is 0.431. The maximum absolute atomic E-state index is 13.3. The molecule has 1 N–H and O–H groups in total. The smallest absolute Gasteiger partial charge is 0.257 e. The number of amides is 2. The molecule has 1 fully saturated rings. The largest absolute Gasteiger partial charge is 0.454 e. The van der Waals surface area contributed by atoms with Crippen molar-refractivity contribution >= 4 is 34.0 Å². The number of thiazole rings is 1. The fraction of sp³-hybridized carbons (Fsp3) is 0.320. The van der Waals surface area contributed by atoms with Crippen molar-refractivity contribution in [3.63, 3.8) is 0 Å². The topological polar surface area (TPSA) is 84.0 Å². The number of aryl methyl sites for hydroxylation is 1. The third-order valence-corrected chi connectivity index (χ3v) is 7.70. The molecule has 3 heterocycles. The molecule has 10 heteroatoms. The van der Waals surface area contributed by atoms with Crippen molar-refractivity contribution < 1.29 is 23.5 Å². The maximum atomic E-state index is 13.3. The molecule has 3 aliphatic rings. The summed E-state index contributed by atoms with van der Waals surface area (Å²) in [4.78, 5) is 35.8. The van der Waals surface area contributed by atoms with Crippen LogP contribution in [0.5, 0.6) is 11.5 Å². The number of piperazine rings is 1. The lowest BCUT2D eigenvalue weighted by molar-refractivity contribution is -0.133. The second-order valence-corrected chi connectivity index (χ2v) is 9.81. The SMILES string of the molecule is O=C(Nc1nc2c(s1)CC[C@H]2C(=O)N1CCN(c2ccc(F)cc2)CC1)c1ccc2c(c1)OCO2. The van der Waals surface area contributed by atoms with E-state index in [0.29, 0.717) is 48.4 Å². The molecule has 1 atom stereocenters. The van der Waals surface area contributed by atoms with Crippen LogP contribution in [-0.2, 0) is 11.2 Å². The van der Waals surface area contributed by atoms with Crippen molar-refractivity contribution in [1.82, 2.24) is 9.88 Å². The molecule has 2 aromatic carbocycles. The summed E-state index contributed by atoms with van der Waals surface area (Å²) in [5.41, 5.74) is 2.20. The quantitative estimate of drug-likeness (QED) is 0.596. The van der Waals surface area contributed by atoms with E-state index >= 15 is 0 Å². The molecule has 2 aliphatic heterocycles. The number of hydrogen-bond acceptors (Lipinski definition) is 7. The average Bonchev–Trinajstić information content (AvgIpc) is 3.59. The van der Waals surface area contributed by atoms with E-state index in [1.165, 1.54) is 23.5 Å². The predicted octanol–water partition coefficient (Wildman–Crippen LogP) is 3.64. The van der Waals surface area contributed by atoms with Gasteiger partial charge < -0.3 is 19.3 Å². The number of rotatable bonds is 4. The van der Waals surface area contributed by atoms with Gasteiger partial charge in [-0.2, -0.15) is 0 Å². The van der Waals surface area contributed by atoms with Crippen molar-refractivity contribution in [3.8, 4) is 11.5 Å². The van der Waals surface area contributed by atoms with E-state index in [1.807, 2.05) is 4.90 Å². The summed E-state index contributed by atoms with van der Waals surface area (Å²) in [6.07, 6.45) is 1.51. The number of anilines is 2. The van der Waals surface area contributed by atoms with E-state index in [-0.39, 0.29) is 30.3 Å². The minimum Gasteiger partial charge on any atom is -0.454 e. The lowest BCUT2D eigenvalue weighted by Crippen LogP contribution is -2.50. The van der Waals surface area contributed by atoms with E-state index < -0.39 is 0 Å². The van der Waals surface area contributed by atoms with Crippen molar-refractivity contribution in [3.05, 3.63) is 64.4 Å². The van der Waals surface area contributed by atoms with Gasteiger partial charge in [-0.15, -0.1) is 11.3 Å². The molecule has 0 radical (unpaired) electrons. The van der Waals surface area contributed by atoms with Gasteiger partial charge in [0.2, 0.25) is 12.7 Å². The number of nitrogens with one attached hydrogen (secondary N) is 1. The summed E-state index contributed by atoms with van der Waals surface area (Å²) in [7, 11) is 0. The highest BCUT2D eigenvalue weighted by Gasteiger charge is 2.36. The average molecular weight is 495 g/mol. The van der Waals surface area contributed by atoms with Gasteiger partial charge in [0, 0.05) is 42.3 Å². The van der Waals surface area contributed by atoms with E-state index in [1.54, 1.807) is 30.3 Å². The molecule has 1 saturated heterocycles. The summed E-state index contributed by atoms with van der Waals surface area (Å²) >= 11 is 1.43. The number of ether oxygens (including phenoxy) is 2. The van der Waals surface area contributed by atoms with Gasteiger partial charge in [-0.05, 0) is 55.3 Å². The molecule has 1 aromatic heterocycles. The first-order valence-electron chi connectivity index (χ1n) is 11.5. The fourth-order valence-corrected chi connectivity index (χ4v) is 5.82. The van der Waals surface area contributed by atoms with Crippen LogP contribution in [0.25, 0.3) is 0 Å². The van der Waals surface area contributed by atoms with Gasteiger partial charge in [0.05, 0.1) is 11.6 Å². The van der Waals surface area contributed by atoms with Gasteiger partial charge >= 0.3 is 0 Å². The zero-order chi connectivity index (χ0) is 23.9. The molecule has 0 spiro atoms. The first-order valence-corrected chi connectivity index (χ1v) is 12.4. The Bertz CT molecular complexity index is 1290. The van der Waals surface area contributed by atoms with Crippen LogP contribution in [0.1, 0.15) is 33.3 Å². The Morgan fingerprint density at radius 3 is 2.60 bits per heavy atom. The zero-order valence-electron chi connectivity index (χ0n) is 18.8. The monoisotopic (exact) mass is 494 g/mol. The van der Waals surface area contributed by atoms with Crippen molar-refractivity contribution in [2.75, 3.05) is 43.2 Å². The van der Waals surface area contributed by atoms with Gasteiger partial charge in [0.1, 0.15) is 5.82 Å². The molecular formula is C25H23FN4O4S. The molecule has 2 amide bonds. The predicted molar refractivity (Wildman–Crippen MR) is 129 cm³/mol. The van der Waals surface area contributed by atoms with Crippen molar-refractivity contribution in [2.45, 2.75) is 18.8 Å². The van der Waals surface area contributed by atoms with Gasteiger partial charge in [0.15, 0.2) is 16.6 Å². The molecule has 0 saturated carbocycles. The van der Waals surface area contributed by atoms with Crippen LogP contribution in [0.3, 0.4) is 0 Å². The Balaban J connectivity index is 1.10. The van der Waals surface area contributed by atoms with Gasteiger partial charge in [-0.1, -0.05) is 0 Å². The lowest BCUT2D eigenvalue weighted by atomic mass is 10.1. The summed E-state index contributed by atoms with van der Waals surface area (Å²) in [5, 5.41) is 3.36. The number of carbonyl (C=O) groups is 2. The Morgan fingerprint density at radius 2 is 1.80 bits per heavy atom. The molecule has 6 rings (SSSR count). The van der Waals surface area contributed by atoms with Crippen LogP contribution < -0.4 is 19.7 Å². The highest BCUT2D eigenvalue weighted by atomic mass is 32.1. The number of carbonyl (C=O) groups excluding carboxylic acids is 2. The third-order valence-electron chi connectivity index (χ3n) is 6.65. The Hall–Kier alpha value is -3.66. The van der Waals surface area contributed by atoms with Crippen LogP contribution >= 0.6 is 11.3 Å². The minimum absolute atomic E-state index is 0.0847. The number of fused-ring (bicyclic) bond motifs is 2. The fourth-order valence-electron chi connectivity index (χ4n) is 4.79. The number of nitrogens with zero attached hydrogens (tertiary/aromatic N) is 3. The first kappa shape index (κ1) is 21.8. The van der Waals surface area contributed by atoms with E-state index in [0.717, 1.165) is 29.1 Å². The molecule has 3 aromatic rings. The summed E-state index contributed by atoms with van der Waals surface area (Å²) in [6, 6.07) is 11.5. The Morgan fingerprint density at radius 1 is 1.03 bits per heavy atom. The van der Waals surface area contributed by atoms with Gasteiger partial charge in [-0.3, -0.25) is 14.9 Å². The van der Waals surface area contributed by atoms with Crippen LogP contribution in [0.2, 0.25) is 0 Å². The molecule has 1 aliphatic carbocycles. The minimum atomic E-state index is -0.283. The Labute approximate surface area is 205 Å². The van der Waals surface area contributed by atoms with Crippen LogP contribution in [-0.4, -0.2) is 54.7 Å². The van der Waals surface area contributed by atoms with Crippen LogP contribution in [0.4, 0.5) is 15.2 Å². The zero-order valence-corrected chi connectivity index (χ0v) is 19.6. The highest BCUT2D eigenvalue weighted by molar-refractivity contribution is 7.16. The molecular weight excluding hydrogens is 471 g/mol. The van der Waals surface area contributed by atoms with Crippen LogP contribution in [0.15, 0.2) is 42.5 Å². The summed E-state index contributed by atoms with van der Waals surface area (Å²) < 4.78 is 23.9. The second-order valence-electron chi connectivity index (χ2n) is 8.73. The standard InChI is InChI=1S/C25H23FN4O4S/c26-16-2-4-17(5-3-16)29-9-11-30(12-10-29)24(32)18-6-8-21-22(18)27-25(35-21)28-23(31)15-1-7-19-20(13-15)34-14-33-19/h1-5,7,13,18H,6,8-12,14H2,(H,27,28,31)/t18-/m1/s1. The Kier molecular flexibility index (Phi) is 5.52. The van der Waals surface area contributed by atoms with E-state index in [2.05, 4.69) is 15.2 Å². The molecule has 0 unspecified atom stereocenters. The van der Waals surface area contributed by atoms with Gasteiger partial charge in [-0.25, -0.2) is 9.37 Å². The number of aromatic nitrogens is 1. The third kappa shape index (κ3) is 4.18. The maximum Gasteiger partial charge on any atom is 0.257 e. The van der Waals surface area contributed by atoms with Gasteiger partial charge in [0.25, 0.3) is 5.91 Å². The number of benzene rings is 2. The second kappa shape index (κ2) is 8.84. The molecule has 180 valence electrons. The van der Waals surface area contributed by atoms with Crippen molar-refractivity contribution in [2.24, 2.45) is 0 Å². The summed E-state index contributed by atoms with van der Waals surface area (Å²) in [6.45, 7) is 2.77. The first-order chi connectivity index (χ1) is 17.0. The normalized spacial score (nSPS) is 18.5. The van der Waals surface area contributed by atoms with Crippen molar-refractivity contribution in [1.29, 1.82) is 0 Å². The highest BCUT2D eigenvalue weighted by Crippen LogP contribution is 2.40. The van der Waals surface area contributed by atoms with E-state index in [4.69, 9.17) is 9.47 Å². The van der Waals surface area contributed by atoms with Crippen LogP contribution in [0, 0.1) is 5.82 Å². The lowest BCUT2D eigenvalue weighted by Gasteiger charge is -2.37. The molecule has 8 nitrogen and oxygen atoms in total. The van der Waals surface area contributed by atoms with E-state index in [9.17, 15) is 14.0 Å². The number of hydrogen-bond donors (Lipinski definition) is 1. The number of halogens is 1.